The molecule has 8 heteroatoms. The van der Waals surface area contributed by atoms with Gasteiger partial charge >= 0.3 is 5.97 Å². The summed E-state index contributed by atoms with van der Waals surface area (Å²) in [5, 5.41) is 0. The van der Waals surface area contributed by atoms with E-state index >= 15 is 0 Å². The van der Waals surface area contributed by atoms with Crippen LogP contribution in [0.4, 0.5) is 0 Å². The Kier molecular flexibility index (Phi) is 7.95. The minimum Gasteiger partial charge on any atom is -0.455 e. The van der Waals surface area contributed by atoms with E-state index in [1.165, 1.54) is 17.3 Å². The standard InChI is InChI=1S/C20H29NO5S2/c1-14(2)10-21(17-7-8-28(24,25)13-17)19(22)11-26-20(23)12-27-18-6-5-15(3)16(4)9-18/h5-6,9,14,17H,7-8,10-13H2,1-4H3/t17-/m1/s1. The Bertz CT molecular complexity index is 820. The molecule has 0 aliphatic carbocycles. The van der Waals surface area contributed by atoms with Gasteiger partial charge < -0.3 is 9.64 Å². The summed E-state index contributed by atoms with van der Waals surface area (Å²) < 4.78 is 28.7. The highest BCUT2D eigenvalue weighted by Gasteiger charge is 2.35. The van der Waals surface area contributed by atoms with E-state index in [0.717, 1.165) is 10.5 Å². The van der Waals surface area contributed by atoms with Gasteiger partial charge in [-0.15, -0.1) is 11.8 Å². The van der Waals surface area contributed by atoms with Gasteiger partial charge in [0.2, 0.25) is 0 Å². The molecule has 1 atom stereocenters. The summed E-state index contributed by atoms with van der Waals surface area (Å²) in [5.74, 6) is -0.380. The normalized spacial score (nSPS) is 18.2. The number of thioether (sulfide) groups is 1. The molecule has 0 aromatic heterocycles. The highest BCUT2D eigenvalue weighted by molar-refractivity contribution is 8.00. The second kappa shape index (κ2) is 9.78. The lowest BCUT2D eigenvalue weighted by atomic mass is 10.1. The SMILES string of the molecule is Cc1ccc(SCC(=O)OCC(=O)N(CC(C)C)[C@@H]2CCS(=O)(=O)C2)cc1C. The second-order valence-electron chi connectivity index (χ2n) is 7.69. The van der Waals surface area contributed by atoms with Crippen molar-refractivity contribution in [1.29, 1.82) is 0 Å². The summed E-state index contributed by atoms with van der Waals surface area (Å²) in [5.41, 5.74) is 2.35. The molecule has 1 aliphatic rings. The number of benzene rings is 1. The van der Waals surface area contributed by atoms with E-state index in [1.807, 2.05) is 45.9 Å². The number of ether oxygens (including phenoxy) is 1. The Morgan fingerprint density at radius 2 is 1.96 bits per heavy atom. The lowest BCUT2D eigenvalue weighted by molar-refractivity contribution is -0.151. The first-order chi connectivity index (χ1) is 13.1. The van der Waals surface area contributed by atoms with Crippen molar-refractivity contribution in [1.82, 2.24) is 4.90 Å². The first kappa shape index (κ1) is 22.7. The number of nitrogens with zero attached hydrogens (tertiary/aromatic N) is 1. The monoisotopic (exact) mass is 427 g/mol. The number of carbonyl (C=O) groups is 2. The van der Waals surface area contributed by atoms with Gasteiger partial charge in [0.25, 0.3) is 5.91 Å². The van der Waals surface area contributed by atoms with Crippen LogP contribution in [-0.4, -0.2) is 61.6 Å². The number of hydrogen-bond acceptors (Lipinski definition) is 6. The molecule has 2 rings (SSSR count). The third-order valence-electron chi connectivity index (χ3n) is 4.72. The summed E-state index contributed by atoms with van der Waals surface area (Å²) in [6.45, 7) is 8.08. The predicted octanol–water partition coefficient (Wildman–Crippen LogP) is 2.61. The summed E-state index contributed by atoms with van der Waals surface area (Å²) in [4.78, 5) is 27.2. The molecule has 6 nitrogen and oxygen atoms in total. The van der Waals surface area contributed by atoms with Crippen LogP contribution < -0.4 is 0 Å². The molecule has 1 saturated heterocycles. The molecule has 1 aromatic carbocycles. The van der Waals surface area contributed by atoms with E-state index in [4.69, 9.17) is 4.74 Å². The molecule has 156 valence electrons. The van der Waals surface area contributed by atoms with Gasteiger partial charge in [-0.2, -0.15) is 0 Å². The third kappa shape index (κ3) is 6.81. The molecular weight excluding hydrogens is 398 g/mol. The number of amides is 1. The fourth-order valence-corrected chi connectivity index (χ4v) is 5.60. The third-order valence-corrected chi connectivity index (χ3v) is 7.44. The van der Waals surface area contributed by atoms with E-state index in [0.29, 0.717) is 13.0 Å². The van der Waals surface area contributed by atoms with Gasteiger partial charge in [0.1, 0.15) is 0 Å². The molecule has 1 aliphatic heterocycles. The molecule has 28 heavy (non-hydrogen) atoms. The van der Waals surface area contributed by atoms with Crippen LogP contribution in [-0.2, 0) is 24.2 Å². The zero-order valence-corrected chi connectivity index (χ0v) is 18.6. The van der Waals surface area contributed by atoms with Crippen LogP contribution in [0.1, 0.15) is 31.4 Å². The Hall–Kier alpha value is -1.54. The van der Waals surface area contributed by atoms with Crippen molar-refractivity contribution in [3.63, 3.8) is 0 Å². The van der Waals surface area contributed by atoms with Crippen molar-refractivity contribution < 1.29 is 22.7 Å². The minimum absolute atomic E-state index is 0.0119. The van der Waals surface area contributed by atoms with Crippen LogP contribution in [0, 0.1) is 19.8 Å². The number of hydrogen-bond donors (Lipinski definition) is 0. The summed E-state index contributed by atoms with van der Waals surface area (Å²) >= 11 is 1.37. The number of aryl methyl sites for hydroxylation is 2. The minimum atomic E-state index is -3.09. The van der Waals surface area contributed by atoms with E-state index in [1.54, 1.807) is 4.90 Å². The van der Waals surface area contributed by atoms with Gasteiger partial charge in [0.15, 0.2) is 16.4 Å². The lowest BCUT2D eigenvalue weighted by Gasteiger charge is -2.29. The van der Waals surface area contributed by atoms with Crippen LogP contribution in [0.3, 0.4) is 0 Å². The van der Waals surface area contributed by atoms with Gasteiger partial charge in [-0.3, -0.25) is 9.59 Å². The zero-order valence-electron chi connectivity index (χ0n) is 16.9. The maximum absolute atomic E-state index is 12.6. The van der Waals surface area contributed by atoms with E-state index in [-0.39, 0.29) is 41.7 Å². The number of esters is 1. The molecule has 0 radical (unpaired) electrons. The van der Waals surface area contributed by atoms with Crippen molar-refractivity contribution in [2.24, 2.45) is 5.92 Å². The first-order valence-corrected chi connectivity index (χ1v) is 12.2. The molecule has 0 spiro atoms. The van der Waals surface area contributed by atoms with Crippen LogP contribution in [0.15, 0.2) is 23.1 Å². The Morgan fingerprint density at radius 3 is 2.54 bits per heavy atom. The van der Waals surface area contributed by atoms with E-state index in [9.17, 15) is 18.0 Å². The van der Waals surface area contributed by atoms with Gasteiger partial charge in [0, 0.05) is 17.5 Å². The van der Waals surface area contributed by atoms with Crippen LogP contribution in [0.2, 0.25) is 0 Å². The van der Waals surface area contributed by atoms with Crippen molar-refractivity contribution >= 4 is 33.5 Å². The van der Waals surface area contributed by atoms with E-state index in [2.05, 4.69) is 0 Å². The molecular formula is C20H29NO5S2. The predicted molar refractivity (Wildman–Crippen MR) is 111 cm³/mol. The van der Waals surface area contributed by atoms with Crippen LogP contribution in [0.5, 0.6) is 0 Å². The average Bonchev–Trinajstić information content (AvgIpc) is 2.98. The Morgan fingerprint density at radius 1 is 1.25 bits per heavy atom. The molecule has 1 aromatic rings. The quantitative estimate of drug-likeness (QED) is 0.469. The van der Waals surface area contributed by atoms with Gasteiger partial charge in [-0.25, -0.2) is 8.42 Å². The fourth-order valence-electron chi connectivity index (χ4n) is 3.08. The Balaban J connectivity index is 1.86. The molecule has 0 saturated carbocycles. The number of sulfone groups is 1. The smallest absolute Gasteiger partial charge is 0.316 e. The highest BCUT2D eigenvalue weighted by Crippen LogP contribution is 2.22. The largest absolute Gasteiger partial charge is 0.455 e. The van der Waals surface area contributed by atoms with Crippen molar-refractivity contribution in [2.75, 3.05) is 30.4 Å². The molecule has 1 fully saturated rings. The van der Waals surface area contributed by atoms with Gasteiger partial charge in [0.05, 0.1) is 17.3 Å². The lowest BCUT2D eigenvalue weighted by Crippen LogP contribution is -2.45. The first-order valence-electron chi connectivity index (χ1n) is 9.43. The van der Waals surface area contributed by atoms with E-state index < -0.39 is 15.8 Å². The maximum Gasteiger partial charge on any atom is 0.316 e. The summed E-state index contributed by atoms with van der Waals surface area (Å²) in [6.07, 6.45) is 0.442. The molecule has 0 unspecified atom stereocenters. The average molecular weight is 428 g/mol. The van der Waals surface area contributed by atoms with Crippen LogP contribution >= 0.6 is 11.8 Å². The molecule has 0 N–H and O–H groups in total. The highest BCUT2D eigenvalue weighted by atomic mass is 32.2. The summed E-state index contributed by atoms with van der Waals surface area (Å²) in [6, 6.07) is 5.65. The van der Waals surface area contributed by atoms with Crippen LogP contribution in [0.25, 0.3) is 0 Å². The maximum atomic E-state index is 12.6. The molecule has 1 heterocycles. The second-order valence-corrected chi connectivity index (χ2v) is 11.0. The number of carbonyl (C=O) groups excluding carboxylic acids is 2. The van der Waals surface area contributed by atoms with Crippen molar-refractivity contribution in [3.05, 3.63) is 29.3 Å². The van der Waals surface area contributed by atoms with Gasteiger partial charge in [-0.05, 0) is 49.4 Å². The fraction of sp³-hybridized carbons (Fsp3) is 0.600. The molecule has 0 bridgehead atoms. The molecule has 1 amide bonds. The van der Waals surface area contributed by atoms with Crippen molar-refractivity contribution in [2.45, 2.75) is 45.1 Å². The topological polar surface area (TPSA) is 80.8 Å². The van der Waals surface area contributed by atoms with Crippen molar-refractivity contribution in [3.8, 4) is 0 Å². The summed E-state index contributed by atoms with van der Waals surface area (Å²) in [7, 11) is -3.09. The zero-order chi connectivity index (χ0) is 20.9. The van der Waals surface area contributed by atoms with Gasteiger partial charge in [-0.1, -0.05) is 19.9 Å². The Labute approximate surface area is 171 Å². The number of rotatable bonds is 8.